The summed E-state index contributed by atoms with van der Waals surface area (Å²) in [6, 6.07) is -0.786. The van der Waals surface area contributed by atoms with Crippen LogP contribution in [0.15, 0.2) is 12.5 Å². The molecule has 0 fully saturated rings. The normalized spacial score (nSPS) is 12.9. The second kappa shape index (κ2) is 4.99. The number of amides is 1. The molecule has 6 nitrogen and oxygen atoms in total. The molecule has 17 heavy (non-hydrogen) atoms. The maximum absolute atomic E-state index is 11.5. The first-order chi connectivity index (χ1) is 7.81. The molecule has 1 aromatic heterocycles. The minimum atomic E-state index is -0.786. The number of hydrogen-bond donors (Lipinski definition) is 1. The van der Waals surface area contributed by atoms with Crippen molar-refractivity contribution in [3.8, 4) is 0 Å². The second-order valence-corrected chi connectivity index (χ2v) is 4.72. The van der Waals surface area contributed by atoms with E-state index in [9.17, 15) is 9.59 Å². The average molecular weight is 239 g/mol. The van der Waals surface area contributed by atoms with Gasteiger partial charge in [-0.25, -0.2) is 9.78 Å². The van der Waals surface area contributed by atoms with E-state index in [1.807, 2.05) is 0 Å². The Balaban J connectivity index is 2.65. The number of rotatable bonds is 3. The molecule has 94 valence electrons. The van der Waals surface area contributed by atoms with Gasteiger partial charge in [0.15, 0.2) is 0 Å². The number of nitrogens with zero attached hydrogens (tertiary/aromatic N) is 2. The van der Waals surface area contributed by atoms with E-state index in [4.69, 9.17) is 4.74 Å². The molecule has 1 amide bonds. The summed E-state index contributed by atoms with van der Waals surface area (Å²) in [6.07, 6.45) is 3.20. The molecule has 1 aromatic rings. The average Bonchev–Trinajstić information content (AvgIpc) is 2.58. The minimum Gasteiger partial charge on any atom is -0.444 e. The van der Waals surface area contributed by atoms with Crippen molar-refractivity contribution in [3.63, 3.8) is 0 Å². The zero-order chi connectivity index (χ0) is 13.1. The van der Waals surface area contributed by atoms with Gasteiger partial charge in [0.25, 0.3) is 0 Å². The summed E-state index contributed by atoms with van der Waals surface area (Å²) in [4.78, 5) is 26.4. The highest BCUT2D eigenvalue weighted by Crippen LogP contribution is 2.10. The van der Waals surface area contributed by atoms with Gasteiger partial charge in [-0.3, -0.25) is 0 Å². The SMILES string of the molecule is Cn1cnc(C(C=O)NC(=O)OC(C)(C)C)c1. The van der Waals surface area contributed by atoms with Crippen molar-refractivity contribution in [2.24, 2.45) is 7.05 Å². The summed E-state index contributed by atoms with van der Waals surface area (Å²) in [5.74, 6) is 0. The first-order valence-electron chi connectivity index (χ1n) is 5.24. The van der Waals surface area contributed by atoms with E-state index in [0.29, 0.717) is 12.0 Å². The largest absolute Gasteiger partial charge is 0.444 e. The van der Waals surface area contributed by atoms with Crippen molar-refractivity contribution < 1.29 is 14.3 Å². The van der Waals surface area contributed by atoms with Crippen LogP contribution in [0.4, 0.5) is 4.79 Å². The van der Waals surface area contributed by atoms with Crippen LogP contribution in [0.25, 0.3) is 0 Å². The van der Waals surface area contributed by atoms with Crippen LogP contribution < -0.4 is 5.32 Å². The molecule has 1 unspecified atom stereocenters. The van der Waals surface area contributed by atoms with Crippen LogP contribution in [0.5, 0.6) is 0 Å². The van der Waals surface area contributed by atoms with E-state index in [1.165, 1.54) is 0 Å². The monoisotopic (exact) mass is 239 g/mol. The molecule has 6 heteroatoms. The molecule has 1 atom stereocenters. The zero-order valence-corrected chi connectivity index (χ0v) is 10.4. The van der Waals surface area contributed by atoms with Gasteiger partial charge in [-0.1, -0.05) is 0 Å². The molecule has 1 heterocycles. The first-order valence-corrected chi connectivity index (χ1v) is 5.24. The van der Waals surface area contributed by atoms with Gasteiger partial charge in [0, 0.05) is 13.2 Å². The molecule has 0 aliphatic heterocycles. The predicted molar refractivity (Wildman–Crippen MR) is 61.4 cm³/mol. The molecular formula is C11H17N3O3. The lowest BCUT2D eigenvalue weighted by Gasteiger charge is -2.20. The zero-order valence-electron chi connectivity index (χ0n) is 10.4. The molecule has 0 aliphatic carbocycles. The highest BCUT2D eigenvalue weighted by Gasteiger charge is 2.21. The third-order valence-electron chi connectivity index (χ3n) is 1.85. The van der Waals surface area contributed by atoms with Crippen molar-refractivity contribution in [2.75, 3.05) is 0 Å². The summed E-state index contributed by atoms with van der Waals surface area (Å²) in [7, 11) is 1.78. The number of imidazole rings is 1. The topological polar surface area (TPSA) is 73.2 Å². The number of nitrogens with one attached hydrogen (secondary N) is 1. The summed E-state index contributed by atoms with van der Waals surface area (Å²) in [6.45, 7) is 5.26. The Kier molecular flexibility index (Phi) is 3.88. The lowest BCUT2D eigenvalue weighted by atomic mass is 10.2. The van der Waals surface area contributed by atoms with Crippen LogP contribution in [-0.4, -0.2) is 27.5 Å². The number of hydrogen-bond acceptors (Lipinski definition) is 4. The molecule has 1 N–H and O–H groups in total. The van der Waals surface area contributed by atoms with Crippen molar-refractivity contribution in [1.29, 1.82) is 0 Å². The Morgan fingerprint density at radius 2 is 2.24 bits per heavy atom. The van der Waals surface area contributed by atoms with E-state index in [0.717, 1.165) is 0 Å². The van der Waals surface area contributed by atoms with E-state index < -0.39 is 17.7 Å². The smallest absolute Gasteiger partial charge is 0.408 e. The Morgan fingerprint density at radius 1 is 1.59 bits per heavy atom. The highest BCUT2D eigenvalue weighted by atomic mass is 16.6. The number of carbonyl (C=O) groups is 2. The van der Waals surface area contributed by atoms with Gasteiger partial charge in [-0.2, -0.15) is 0 Å². The van der Waals surface area contributed by atoms with Gasteiger partial charge in [0.05, 0.1) is 12.0 Å². The summed E-state index contributed by atoms with van der Waals surface area (Å²) in [5, 5.41) is 2.45. The van der Waals surface area contributed by atoms with Gasteiger partial charge in [-0.05, 0) is 20.8 Å². The maximum atomic E-state index is 11.5. The number of carbonyl (C=O) groups excluding carboxylic acids is 2. The van der Waals surface area contributed by atoms with Crippen molar-refractivity contribution in [1.82, 2.24) is 14.9 Å². The number of aryl methyl sites for hydroxylation is 1. The van der Waals surface area contributed by atoms with Crippen LogP contribution in [-0.2, 0) is 16.6 Å². The van der Waals surface area contributed by atoms with Gasteiger partial charge >= 0.3 is 6.09 Å². The van der Waals surface area contributed by atoms with Crippen molar-refractivity contribution >= 4 is 12.4 Å². The fourth-order valence-corrected chi connectivity index (χ4v) is 1.21. The third kappa shape index (κ3) is 4.26. The molecule has 0 saturated heterocycles. The molecule has 0 spiro atoms. The Hall–Kier alpha value is -1.85. The van der Waals surface area contributed by atoms with Crippen LogP contribution in [0.1, 0.15) is 32.5 Å². The van der Waals surface area contributed by atoms with E-state index in [2.05, 4.69) is 10.3 Å². The predicted octanol–water partition coefficient (Wildman–Crippen LogP) is 1.18. The maximum Gasteiger partial charge on any atom is 0.408 e. The van der Waals surface area contributed by atoms with Crippen molar-refractivity contribution in [2.45, 2.75) is 32.4 Å². The standard InChI is InChI=1S/C11H17N3O3/c1-11(2,3)17-10(16)13-9(6-15)8-5-14(4)7-12-8/h5-7,9H,1-4H3,(H,13,16). The Labute approximate surface area is 100.0 Å². The van der Waals surface area contributed by atoms with Gasteiger partial charge in [0.2, 0.25) is 0 Å². The number of aldehydes is 1. The summed E-state index contributed by atoms with van der Waals surface area (Å²) >= 11 is 0. The van der Waals surface area contributed by atoms with E-state index >= 15 is 0 Å². The minimum absolute atomic E-state index is 0.480. The number of ether oxygens (including phenoxy) is 1. The highest BCUT2D eigenvalue weighted by molar-refractivity contribution is 5.74. The number of aromatic nitrogens is 2. The van der Waals surface area contributed by atoms with Gasteiger partial charge in [0.1, 0.15) is 17.9 Å². The van der Waals surface area contributed by atoms with Gasteiger partial charge < -0.3 is 19.4 Å². The molecule has 0 saturated carbocycles. The fraction of sp³-hybridized carbons (Fsp3) is 0.545. The van der Waals surface area contributed by atoms with Crippen LogP contribution >= 0.6 is 0 Å². The van der Waals surface area contributed by atoms with Crippen LogP contribution in [0, 0.1) is 0 Å². The molecule has 0 aliphatic rings. The number of alkyl carbamates (subject to hydrolysis) is 1. The Morgan fingerprint density at radius 3 is 2.65 bits per heavy atom. The van der Waals surface area contributed by atoms with Crippen LogP contribution in [0.3, 0.4) is 0 Å². The molecule has 0 radical (unpaired) electrons. The van der Waals surface area contributed by atoms with E-state index in [-0.39, 0.29) is 0 Å². The lowest BCUT2D eigenvalue weighted by molar-refractivity contribution is -0.109. The molecule has 0 aromatic carbocycles. The second-order valence-electron chi connectivity index (χ2n) is 4.72. The van der Waals surface area contributed by atoms with Crippen LogP contribution in [0.2, 0.25) is 0 Å². The first kappa shape index (κ1) is 13.2. The molecular weight excluding hydrogens is 222 g/mol. The third-order valence-corrected chi connectivity index (χ3v) is 1.85. The fourth-order valence-electron chi connectivity index (χ4n) is 1.21. The lowest BCUT2D eigenvalue weighted by Crippen LogP contribution is -2.35. The molecule has 1 rings (SSSR count). The Bertz CT molecular complexity index is 406. The summed E-state index contributed by atoms with van der Waals surface area (Å²) in [5.41, 5.74) is -0.116. The van der Waals surface area contributed by atoms with E-state index in [1.54, 1.807) is 44.9 Å². The molecule has 0 bridgehead atoms. The van der Waals surface area contributed by atoms with Crippen molar-refractivity contribution in [3.05, 3.63) is 18.2 Å². The van der Waals surface area contributed by atoms with Gasteiger partial charge in [-0.15, -0.1) is 0 Å². The quantitative estimate of drug-likeness (QED) is 0.804. The summed E-state index contributed by atoms with van der Waals surface area (Å²) < 4.78 is 6.75.